The van der Waals surface area contributed by atoms with Crippen LogP contribution in [-0.4, -0.2) is 38.7 Å². The molecule has 0 aliphatic carbocycles. The average molecular weight is 232 g/mol. The van der Waals surface area contributed by atoms with Gasteiger partial charge in [0.05, 0.1) is 0 Å². The van der Waals surface area contributed by atoms with Crippen LogP contribution in [0.4, 0.5) is 5.82 Å². The maximum absolute atomic E-state index is 5.95. The zero-order chi connectivity index (χ0) is 11.8. The molecule has 1 fully saturated rings. The molecule has 3 rings (SSSR count). The minimum atomic E-state index is 0.264. The van der Waals surface area contributed by atoms with Gasteiger partial charge in [-0.1, -0.05) is 6.92 Å². The molecule has 0 spiro atoms. The van der Waals surface area contributed by atoms with Crippen molar-refractivity contribution in [3.8, 4) is 0 Å². The Labute approximate surface area is 99.5 Å². The first-order valence-electron chi connectivity index (χ1n) is 5.98. The summed E-state index contributed by atoms with van der Waals surface area (Å²) in [6.07, 6.45) is 3.64. The Kier molecular flexibility index (Phi) is 2.44. The molecular formula is C11H16N6. The minimum absolute atomic E-state index is 0.264. The Bertz CT molecular complexity index is 534. The van der Waals surface area contributed by atoms with Crippen molar-refractivity contribution in [1.82, 2.24) is 19.6 Å². The zero-order valence-electron chi connectivity index (χ0n) is 9.87. The molecule has 0 saturated carbocycles. The molecule has 1 atom stereocenters. The molecule has 1 aliphatic rings. The van der Waals surface area contributed by atoms with Gasteiger partial charge < -0.3 is 10.6 Å². The van der Waals surface area contributed by atoms with Gasteiger partial charge in [0.25, 0.3) is 5.78 Å². The molecule has 2 N–H and O–H groups in total. The Morgan fingerprint density at radius 1 is 1.53 bits per heavy atom. The van der Waals surface area contributed by atoms with Gasteiger partial charge in [0.1, 0.15) is 12.1 Å². The van der Waals surface area contributed by atoms with Crippen LogP contribution in [0.25, 0.3) is 5.78 Å². The summed E-state index contributed by atoms with van der Waals surface area (Å²) in [4.78, 5) is 6.72. The van der Waals surface area contributed by atoms with Gasteiger partial charge in [0.15, 0.2) is 0 Å². The molecule has 0 bridgehead atoms. The predicted molar refractivity (Wildman–Crippen MR) is 65.0 cm³/mol. The van der Waals surface area contributed by atoms with E-state index in [0.717, 1.165) is 37.4 Å². The summed E-state index contributed by atoms with van der Waals surface area (Å²) in [5.74, 6) is 1.77. The molecule has 0 amide bonds. The van der Waals surface area contributed by atoms with Crippen LogP contribution >= 0.6 is 0 Å². The lowest BCUT2D eigenvalue weighted by atomic mass is 10.3. The monoisotopic (exact) mass is 232 g/mol. The maximum Gasteiger partial charge on any atom is 0.256 e. The Hall–Kier alpha value is -1.69. The lowest BCUT2D eigenvalue weighted by Gasteiger charge is -2.19. The first kappa shape index (κ1) is 10.5. The number of nitrogens with zero attached hydrogens (tertiary/aromatic N) is 5. The third-order valence-corrected chi connectivity index (χ3v) is 3.23. The van der Waals surface area contributed by atoms with Crippen LogP contribution in [0.2, 0.25) is 0 Å². The number of aryl methyl sites for hydroxylation is 1. The molecule has 90 valence electrons. The molecule has 17 heavy (non-hydrogen) atoms. The summed E-state index contributed by atoms with van der Waals surface area (Å²) in [5, 5.41) is 7.94. The quantitative estimate of drug-likeness (QED) is 0.802. The van der Waals surface area contributed by atoms with Crippen molar-refractivity contribution < 1.29 is 0 Å². The van der Waals surface area contributed by atoms with Crippen LogP contribution in [0.5, 0.6) is 0 Å². The van der Waals surface area contributed by atoms with Gasteiger partial charge in [0, 0.05) is 30.9 Å². The molecule has 0 unspecified atom stereocenters. The van der Waals surface area contributed by atoms with E-state index in [2.05, 4.69) is 33.1 Å². The summed E-state index contributed by atoms with van der Waals surface area (Å²) in [6.45, 7) is 3.97. The molecule has 1 saturated heterocycles. The fourth-order valence-electron chi connectivity index (χ4n) is 2.27. The fourth-order valence-corrected chi connectivity index (χ4v) is 2.27. The van der Waals surface area contributed by atoms with Crippen LogP contribution in [0.15, 0.2) is 12.4 Å². The molecule has 1 aliphatic heterocycles. The van der Waals surface area contributed by atoms with Crippen LogP contribution < -0.4 is 10.6 Å². The molecule has 3 heterocycles. The zero-order valence-corrected chi connectivity index (χ0v) is 9.87. The van der Waals surface area contributed by atoms with Gasteiger partial charge in [-0.25, -0.2) is 4.98 Å². The van der Waals surface area contributed by atoms with E-state index in [1.807, 2.05) is 4.40 Å². The van der Waals surface area contributed by atoms with Gasteiger partial charge in [-0.15, -0.1) is 10.2 Å². The third kappa shape index (κ3) is 1.74. The summed E-state index contributed by atoms with van der Waals surface area (Å²) in [6, 6.07) is 2.37. The van der Waals surface area contributed by atoms with Gasteiger partial charge in [0.2, 0.25) is 0 Å². The van der Waals surface area contributed by atoms with E-state index < -0.39 is 0 Å². The van der Waals surface area contributed by atoms with E-state index in [-0.39, 0.29) is 6.04 Å². The number of aromatic nitrogens is 4. The molecule has 2 aromatic rings. The van der Waals surface area contributed by atoms with Gasteiger partial charge in [-0.3, -0.25) is 4.40 Å². The molecule has 2 aromatic heterocycles. The van der Waals surface area contributed by atoms with E-state index in [0.29, 0.717) is 5.78 Å². The fraction of sp³-hybridized carbons (Fsp3) is 0.545. The highest BCUT2D eigenvalue weighted by Gasteiger charge is 2.22. The van der Waals surface area contributed by atoms with Crippen molar-refractivity contribution in [1.29, 1.82) is 0 Å². The Morgan fingerprint density at radius 3 is 3.12 bits per heavy atom. The highest BCUT2D eigenvalue weighted by atomic mass is 15.3. The summed E-state index contributed by atoms with van der Waals surface area (Å²) >= 11 is 0. The smallest absolute Gasteiger partial charge is 0.256 e. The molecule has 6 nitrogen and oxygen atoms in total. The van der Waals surface area contributed by atoms with Gasteiger partial charge in [-0.05, 0) is 12.8 Å². The highest BCUT2D eigenvalue weighted by Crippen LogP contribution is 2.21. The van der Waals surface area contributed by atoms with Crippen molar-refractivity contribution in [3.05, 3.63) is 18.1 Å². The first-order chi connectivity index (χ1) is 8.28. The Balaban J connectivity index is 2.10. The standard InChI is InChI=1S/C11H16N6/c1-2-9-5-10(16-4-3-8(12)6-16)17-7-13-15-11(17)14-9/h5,7-8H,2-4,6,12H2,1H3/t8-/m1/s1. The van der Waals surface area contributed by atoms with Crippen molar-refractivity contribution in [2.75, 3.05) is 18.0 Å². The van der Waals surface area contributed by atoms with Gasteiger partial charge in [-0.2, -0.15) is 0 Å². The second-order valence-electron chi connectivity index (χ2n) is 4.45. The molecule has 6 heteroatoms. The normalized spacial score (nSPS) is 20.4. The second-order valence-corrected chi connectivity index (χ2v) is 4.45. The predicted octanol–water partition coefficient (Wildman–Crippen LogP) is 0.224. The van der Waals surface area contributed by atoms with Crippen molar-refractivity contribution in [2.24, 2.45) is 5.73 Å². The minimum Gasteiger partial charge on any atom is -0.356 e. The van der Waals surface area contributed by atoms with Crippen molar-refractivity contribution in [3.63, 3.8) is 0 Å². The van der Waals surface area contributed by atoms with Gasteiger partial charge >= 0.3 is 0 Å². The number of rotatable bonds is 2. The number of hydrogen-bond acceptors (Lipinski definition) is 5. The molecular weight excluding hydrogens is 216 g/mol. The van der Waals surface area contributed by atoms with Crippen molar-refractivity contribution >= 4 is 11.6 Å². The summed E-state index contributed by atoms with van der Waals surface area (Å²) in [5.41, 5.74) is 7.00. The van der Waals surface area contributed by atoms with Crippen LogP contribution in [-0.2, 0) is 6.42 Å². The Morgan fingerprint density at radius 2 is 2.41 bits per heavy atom. The van der Waals surface area contributed by atoms with Crippen LogP contribution in [0, 0.1) is 0 Å². The maximum atomic E-state index is 5.95. The van der Waals surface area contributed by atoms with Crippen LogP contribution in [0.3, 0.4) is 0 Å². The number of hydrogen-bond donors (Lipinski definition) is 1. The second kappa shape index (κ2) is 3.96. The first-order valence-corrected chi connectivity index (χ1v) is 5.98. The summed E-state index contributed by atoms with van der Waals surface area (Å²) in [7, 11) is 0. The van der Waals surface area contributed by atoms with E-state index in [1.165, 1.54) is 0 Å². The number of fused-ring (bicyclic) bond motifs is 1. The van der Waals surface area contributed by atoms with E-state index in [9.17, 15) is 0 Å². The lowest BCUT2D eigenvalue weighted by Crippen LogP contribution is -2.27. The highest BCUT2D eigenvalue weighted by molar-refractivity contribution is 5.49. The van der Waals surface area contributed by atoms with E-state index in [4.69, 9.17) is 5.73 Å². The van der Waals surface area contributed by atoms with E-state index in [1.54, 1.807) is 6.33 Å². The van der Waals surface area contributed by atoms with E-state index >= 15 is 0 Å². The summed E-state index contributed by atoms with van der Waals surface area (Å²) < 4.78 is 1.93. The SMILES string of the molecule is CCc1cc(N2CC[C@@H](N)C2)n2cnnc2n1. The van der Waals surface area contributed by atoms with Crippen molar-refractivity contribution in [2.45, 2.75) is 25.8 Å². The van der Waals surface area contributed by atoms with Crippen LogP contribution in [0.1, 0.15) is 19.0 Å². The molecule has 0 aromatic carbocycles. The lowest BCUT2D eigenvalue weighted by molar-refractivity contribution is 0.750. The molecule has 0 radical (unpaired) electrons. The number of nitrogens with two attached hydrogens (primary N) is 1. The largest absolute Gasteiger partial charge is 0.356 e. The topological polar surface area (TPSA) is 72.3 Å². The number of anilines is 1. The third-order valence-electron chi connectivity index (χ3n) is 3.23. The average Bonchev–Trinajstić information content (AvgIpc) is 2.95.